The van der Waals surface area contributed by atoms with Crippen molar-refractivity contribution < 1.29 is 15.8 Å². The van der Waals surface area contributed by atoms with Crippen LogP contribution in [0.2, 0.25) is 0 Å². The van der Waals surface area contributed by atoms with Crippen molar-refractivity contribution in [3.63, 3.8) is 0 Å². The predicted molar refractivity (Wildman–Crippen MR) is 20.9 cm³/mol. The van der Waals surface area contributed by atoms with Crippen molar-refractivity contribution in [3.05, 3.63) is 10.1 Å². The molecule has 36 valence electrons. The molecule has 0 aliphatic heterocycles. The number of nitrogens with zero attached hydrogens (tertiary/aromatic N) is 1. The van der Waals surface area contributed by atoms with Gasteiger partial charge < -0.3 is 10.7 Å². The Morgan fingerprint density at radius 3 is 1.67 bits per heavy atom. The third kappa shape index (κ3) is 6180. The van der Waals surface area contributed by atoms with E-state index < -0.39 is 5.09 Å². The van der Waals surface area contributed by atoms with E-state index in [1.165, 1.54) is 0 Å². The van der Waals surface area contributed by atoms with Gasteiger partial charge in [-0.2, -0.15) is 0 Å². The average molecular weight is 107 g/mol. The van der Waals surface area contributed by atoms with E-state index in [0.717, 1.165) is 0 Å². The second-order valence-electron chi connectivity index (χ2n) is 0.238. The first-order chi connectivity index (χ1) is 1.73. The molecule has 6 heteroatoms. The second-order valence-corrected chi connectivity index (χ2v) is 0.238. The summed E-state index contributed by atoms with van der Waals surface area (Å²) in [5.41, 5.74) is 0. The van der Waals surface area contributed by atoms with Gasteiger partial charge in [-0.1, -0.05) is 0 Å². The summed E-state index contributed by atoms with van der Waals surface area (Å²) in [7, 11) is 0. The highest BCUT2D eigenvalue weighted by atomic mass is 24.3. The van der Waals surface area contributed by atoms with Gasteiger partial charge in [0.15, 0.2) is 0 Å². The topological polar surface area (TPSA) is 94.9 Å². The molecular weight excluding hydrogens is 102 g/mol. The number of hydrogen-bond donors (Lipinski definition) is 1. The van der Waals surface area contributed by atoms with Crippen molar-refractivity contribution in [1.29, 1.82) is 0 Å². The van der Waals surface area contributed by atoms with E-state index in [9.17, 15) is 0 Å². The van der Waals surface area contributed by atoms with Crippen molar-refractivity contribution >= 4 is 23.1 Å². The maximum Gasteiger partial charge on any atom is 0.316 e. The molecule has 0 aliphatic carbocycles. The Balaban J connectivity index is -0.0000000450. The van der Waals surface area contributed by atoms with Gasteiger partial charge >= 0.3 is 23.1 Å². The van der Waals surface area contributed by atoms with E-state index in [2.05, 4.69) is 0 Å². The van der Waals surface area contributed by atoms with E-state index in [0.29, 0.717) is 0 Å². The van der Waals surface area contributed by atoms with Crippen LogP contribution < -0.4 is 0 Å². The summed E-state index contributed by atoms with van der Waals surface area (Å²) in [6, 6.07) is 0. The molecule has 0 spiro atoms. The lowest BCUT2D eigenvalue weighted by Gasteiger charge is -1.56. The van der Waals surface area contributed by atoms with E-state index in [1.807, 2.05) is 0 Å². The smallest absolute Gasteiger partial charge is 0.316 e. The molecule has 0 atom stereocenters. The van der Waals surface area contributed by atoms with Gasteiger partial charge in [0.05, 0.1) is 0 Å². The maximum atomic E-state index is 8.36. The molecule has 0 radical (unpaired) electrons. The number of rotatable bonds is 0. The highest BCUT2D eigenvalue weighted by Crippen LogP contribution is 1.38. The van der Waals surface area contributed by atoms with Gasteiger partial charge in [-0.05, 0) is 0 Å². The Kier molecular flexibility index (Phi) is 24.8. The van der Waals surface area contributed by atoms with Crippen LogP contribution in [0, 0.1) is 10.1 Å². The van der Waals surface area contributed by atoms with Crippen LogP contribution in [0.3, 0.4) is 0 Å². The van der Waals surface area contributed by atoms with Crippen molar-refractivity contribution in [1.82, 2.24) is 0 Å². The van der Waals surface area contributed by atoms with Gasteiger partial charge in [-0.3, -0.25) is 0 Å². The molecular formula is H5MgNO4. The van der Waals surface area contributed by atoms with Gasteiger partial charge in [0.1, 0.15) is 0 Å². The molecule has 0 amide bonds. The molecule has 0 aromatic rings. The summed E-state index contributed by atoms with van der Waals surface area (Å²) in [5, 5.41) is 13.6. The van der Waals surface area contributed by atoms with Gasteiger partial charge in [-0.15, -0.1) is 10.1 Å². The van der Waals surface area contributed by atoms with Crippen LogP contribution in [0.1, 0.15) is 0 Å². The quantitative estimate of drug-likeness (QED) is 0.218. The molecule has 3 N–H and O–H groups in total. The maximum absolute atomic E-state index is 8.36. The Labute approximate surface area is 49.5 Å². The molecule has 0 bridgehead atoms. The lowest BCUT2D eigenvalue weighted by Crippen LogP contribution is -1.81. The zero-order valence-electron chi connectivity index (χ0n) is 2.21. The zero-order chi connectivity index (χ0) is 3.58. The predicted octanol–water partition coefficient (Wildman–Crippen LogP) is -2.09. The highest BCUT2D eigenvalue weighted by Gasteiger charge is 1.65. The lowest BCUT2D eigenvalue weighted by molar-refractivity contribution is -0.742. The third-order valence-corrected chi connectivity index (χ3v) is 0. The minimum Gasteiger partial charge on any atom is -0.412 e. The van der Waals surface area contributed by atoms with Crippen LogP contribution in [0.5, 0.6) is 0 Å². The Morgan fingerprint density at radius 2 is 1.67 bits per heavy atom. The van der Waals surface area contributed by atoms with Gasteiger partial charge in [0.25, 0.3) is 5.09 Å². The Hall–Kier alpha value is -0.0738. The zero-order valence-corrected chi connectivity index (χ0v) is 2.21. The third-order valence-electron chi connectivity index (χ3n) is 0. The first-order valence-electron chi connectivity index (χ1n) is 0.565. The molecule has 0 rings (SSSR count). The minimum atomic E-state index is -1.50. The molecule has 6 heavy (non-hydrogen) atoms. The summed E-state index contributed by atoms with van der Waals surface area (Å²) >= 11 is 0. The van der Waals surface area contributed by atoms with Crippen LogP contribution in [-0.2, 0) is 0 Å². The summed E-state index contributed by atoms with van der Waals surface area (Å²) in [5.74, 6) is 0. The van der Waals surface area contributed by atoms with Gasteiger partial charge in [-0.25, -0.2) is 0 Å². The standard InChI is InChI=1S/Mg.HNO3.H2O.2H/c;2-1(3)4;;;/h;(H,2,3,4);1H2;;. The second kappa shape index (κ2) is 8.87. The van der Waals surface area contributed by atoms with E-state index in [-0.39, 0.29) is 28.5 Å². The molecule has 0 heterocycles. The molecule has 0 aromatic heterocycles. The average Bonchev–Trinajstić information content (AvgIpc) is 0.811. The van der Waals surface area contributed by atoms with Crippen molar-refractivity contribution in [2.45, 2.75) is 0 Å². The van der Waals surface area contributed by atoms with E-state index in [1.54, 1.807) is 0 Å². The largest absolute Gasteiger partial charge is 0.412 e. The molecule has 0 saturated heterocycles. The van der Waals surface area contributed by atoms with E-state index in [4.69, 9.17) is 15.3 Å². The van der Waals surface area contributed by atoms with Crippen LogP contribution in [0.4, 0.5) is 0 Å². The highest BCUT2D eigenvalue weighted by molar-refractivity contribution is 5.75. The first kappa shape index (κ1) is 16.8. The molecule has 0 aromatic carbocycles. The van der Waals surface area contributed by atoms with Gasteiger partial charge in [0, 0.05) is 0 Å². The Bertz CT molecular complexity index is 30.5. The van der Waals surface area contributed by atoms with Crippen LogP contribution in [0.25, 0.3) is 0 Å². The fraction of sp³-hybridized carbons (Fsp3) is 0. The molecule has 0 unspecified atom stereocenters. The summed E-state index contributed by atoms with van der Waals surface area (Å²) < 4.78 is 0. The monoisotopic (exact) mass is 107 g/mol. The van der Waals surface area contributed by atoms with Crippen LogP contribution >= 0.6 is 0 Å². The van der Waals surface area contributed by atoms with Crippen molar-refractivity contribution in [3.8, 4) is 0 Å². The first-order valence-corrected chi connectivity index (χ1v) is 0.565. The SMILES string of the molecule is O.O=[N+]([O-])O.[MgH2]. The van der Waals surface area contributed by atoms with E-state index >= 15 is 0 Å². The van der Waals surface area contributed by atoms with Crippen LogP contribution in [-0.4, -0.2) is 38.8 Å². The fourth-order valence-corrected chi connectivity index (χ4v) is 0. The van der Waals surface area contributed by atoms with Crippen molar-refractivity contribution in [2.24, 2.45) is 0 Å². The summed E-state index contributed by atoms with van der Waals surface area (Å²) in [4.78, 5) is 8.36. The summed E-state index contributed by atoms with van der Waals surface area (Å²) in [6.45, 7) is 0. The molecule has 0 aliphatic rings. The summed E-state index contributed by atoms with van der Waals surface area (Å²) in [6.07, 6.45) is 0. The minimum absolute atomic E-state index is 0. The molecule has 5 nitrogen and oxygen atoms in total. The fourth-order valence-electron chi connectivity index (χ4n) is 0. The van der Waals surface area contributed by atoms with Gasteiger partial charge in [0.2, 0.25) is 0 Å². The van der Waals surface area contributed by atoms with Crippen molar-refractivity contribution in [2.75, 3.05) is 0 Å². The normalized spacial score (nSPS) is 4.00. The van der Waals surface area contributed by atoms with Crippen LogP contribution in [0.15, 0.2) is 0 Å². The molecule has 0 saturated carbocycles. The lowest BCUT2D eigenvalue weighted by atomic mass is 13.1. The molecule has 0 fully saturated rings. The number of hydrogen-bond acceptors (Lipinski definition) is 2. The Morgan fingerprint density at radius 1 is 1.67 bits per heavy atom.